The molecule has 0 saturated carbocycles. The van der Waals surface area contributed by atoms with Crippen LogP contribution in [-0.4, -0.2) is 49.7 Å². The summed E-state index contributed by atoms with van der Waals surface area (Å²) in [6.07, 6.45) is 3.05. The van der Waals surface area contributed by atoms with Gasteiger partial charge in [-0.3, -0.25) is 4.79 Å². The van der Waals surface area contributed by atoms with Crippen LogP contribution in [0.25, 0.3) is 16.8 Å². The van der Waals surface area contributed by atoms with Gasteiger partial charge in [-0.1, -0.05) is 38.1 Å². The first-order valence-corrected chi connectivity index (χ1v) is 11.7. The normalized spacial score (nSPS) is 15.6. The van der Waals surface area contributed by atoms with Crippen LogP contribution >= 0.6 is 0 Å². The first-order valence-electron chi connectivity index (χ1n) is 11.7. The number of fused-ring (bicyclic) bond motifs is 1. The van der Waals surface area contributed by atoms with Crippen LogP contribution in [0.2, 0.25) is 0 Å². The van der Waals surface area contributed by atoms with E-state index in [0.717, 1.165) is 22.2 Å². The third kappa shape index (κ3) is 4.65. The number of alkyl halides is 2. The molecule has 1 aromatic carbocycles. The van der Waals surface area contributed by atoms with Crippen molar-refractivity contribution in [3.63, 3.8) is 0 Å². The molecule has 0 atom stereocenters. The van der Waals surface area contributed by atoms with E-state index in [1.54, 1.807) is 15.6 Å². The number of rotatable bonds is 5. The Kier molecular flexibility index (Phi) is 5.73. The predicted octanol–water partition coefficient (Wildman–Crippen LogP) is 4.16. The second-order valence-corrected chi connectivity index (χ2v) is 10.2. The van der Waals surface area contributed by atoms with E-state index in [2.05, 4.69) is 25.5 Å². The van der Waals surface area contributed by atoms with Crippen molar-refractivity contribution in [2.45, 2.75) is 52.0 Å². The fourth-order valence-corrected chi connectivity index (χ4v) is 4.18. The maximum absolute atomic E-state index is 13.7. The minimum atomic E-state index is -2.68. The molecule has 1 N–H and O–H groups in total. The van der Waals surface area contributed by atoms with E-state index >= 15 is 0 Å². The summed E-state index contributed by atoms with van der Waals surface area (Å²) in [6.45, 7) is 8.03. The minimum Gasteiger partial charge on any atom is -0.364 e. The molecule has 1 aliphatic rings. The Hall–Kier alpha value is -3.89. The third-order valence-electron chi connectivity index (χ3n) is 6.25. The fourth-order valence-electron chi connectivity index (χ4n) is 4.18. The van der Waals surface area contributed by atoms with Crippen LogP contribution < -0.4 is 10.2 Å². The van der Waals surface area contributed by atoms with Crippen LogP contribution in [0.5, 0.6) is 0 Å². The molecule has 1 amide bonds. The molecule has 3 aromatic heterocycles. The monoisotopic (exact) mass is 495 g/mol. The molecule has 4 aromatic rings. The number of aromatic nitrogens is 5. The van der Waals surface area contributed by atoms with Gasteiger partial charge in [0.1, 0.15) is 6.33 Å². The summed E-state index contributed by atoms with van der Waals surface area (Å²) in [4.78, 5) is 22.8. The highest BCUT2D eigenvalue weighted by molar-refractivity contribution is 5.90. The van der Waals surface area contributed by atoms with Gasteiger partial charge in [-0.2, -0.15) is 10.1 Å². The molecule has 0 radical (unpaired) electrons. The first kappa shape index (κ1) is 23.8. The van der Waals surface area contributed by atoms with Crippen molar-refractivity contribution in [2.75, 3.05) is 18.0 Å². The summed E-state index contributed by atoms with van der Waals surface area (Å²) < 4.78 is 34.3. The largest absolute Gasteiger partial charge is 0.364 e. The standard InChI is InChI=1S/C25H27F2N7O2/c1-15-9-16(5-6-17(15)11-28-22(35)21-31-23(36-32-21)24(2,3)4)20-19-10-18(12-34(19)30-14-29-20)33-8-7-25(26,27)13-33/h5-6,9-10,12,14H,7-8,11,13H2,1-4H3,(H,28,35). The van der Waals surface area contributed by atoms with Crippen molar-refractivity contribution in [2.24, 2.45) is 0 Å². The number of benzene rings is 1. The summed E-state index contributed by atoms with van der Waals surface area (Å²) in [5.74, 6) is -2.69. The maximum atomic E-state index is 13.7. The highest BCUT2D eigenvalue weighted by atomic mass is 19.3. The smallest absolute Gasteiger partial charge is 0.292 e. The summed E-state index contributed by atoms with van der Waals surface area (Å²) in [6, 6.07) is 7.66. The van der Waals surface area contributed by atoms with Gasteiger partial charge in [0.05, 0.1) is 29.6 Å². The minimum absolute atomic E-state index is 0.00243. The summed E-state index contributed by atoms with van der Waals surface area (Å²) >= 11 is 0. The Morgan fingerprint density at radius 1 is 1.25 bits per heavy atom. The van der Waals surface area contributed by atoms with E-state index in [1.807, 2.05) is 52.0 Å². The topological polar surface area (TPSA) is 101 Å². The van der Waals surface area contributed by atoms with E-state index in [9.17, 15) is 13.6 Å². The molecule has 0 bridgehead atoms. The predicted molar refractivity (Wildman–Crippen MR) is 129 cm³/mol. The van der Waals surface area contributed by atoms with Crippen LogP contribution in [-0.2, 0) is 12.0 Å². The SMILES string of the molecule is Cc1cc(-c2ncnn3cc(N4CCC(F)(F)C4)cc23)ccc1CNC(=O)c1noc(C(C)(C)C)n1. The molecule has 36 heavy (non-hydrogen) atoms. The molecule has 4 heterocycles. The molecular weight excluding hydrogens is 468 g/mol. The van der Waals surface area contributed by atoms with Crippen LogP contribution in [0.3, 0.4) is 0 Å². The molecule has 11 heteroatoms. The Labute approximate surface area is 206 Å². The highest BCUT2D eigenvalue weighted by Crippen LogP contribution is 2.33. The average Bonchev–Trinajstić information content (AvgIpc) is 3.55. The maximum Gasteiger partial charge on any atom is 0.292 e. The fraction of sp³-hybridized carbons (Fsp3) is 0.400. The number of hydrogen-bond acceptors (Lipinski definition) is 7. The van der Waals surface area contributed by atoms with Gasteiger partial charge in [-0.05, 0) is 30.2 Å². The number of halogens is 2. The lowest BCUT2D eigenvalue weighted by Gasteiger charge is -2.15. The molecule has 9 nitrogen and oxygen atoms in total. The van der Waals surface area contributed by atoms with Crippen molar-refractivity contribution < 1.29 is 18.1 Å². The number of hydrogen-bond donors (Lipinski definition) is 1. The molecule has 0 aliphatic carbocycles. The van der Waals surface area contributed by atoms with Crippen LogP contribution in [0, 0.1) is 6.92 Å². The number of nitrogens with zero attached hydrogens (tertiary/aromatic N) is 6. The van der Waals surface area contributed by atoms with E-state index in [1.165, 1.54) is 6.33 Å². The van der Waals surface area contributed by atoms with Crippen molar-refractivity contribution >= 4 is 17.1 Å². The first-order chi connectivity index (χ1) is 17.0. The Morgan fingerprint density at radius 3 is 2.72 bits per heavy atom. The zero-order valence-electron chi connectivity index (χ0n) is 20.5. The summed E-state index contributed by atoms with van der Waals surface area (Å²) in [5, 5.41) is 10.9. The average molecular weight is 496 g/mol. The Bertz CT molecular complexity index is 1440. The van der Waals surface area contributed by atoms with E-state index in [0.29, 0.717) is 30.4 Å². The van der Waals surface area contributed by atoms with Gasteiger partial charge < -0.3 is 14.7 Å². The van der Waals surface area contributed by atoms with Gasteiger partial charge in [-0.25, -0.2) is 18.3 Å². The van der Waals surface area contributed by atoms with Crippen LogP contribution in [0.1, 0.15) is 54.8 Å². The second-order valence-electron chi connectivity index (χ2n) is 10.2. The molecule has 1 saturated heterocycles. The van der Waals surface area contributed by atoms with Gasteiger partial charge in [0.25, 0.3) is 17.7 Å². The van der Waals surface area contributed by atoms with Gasteiger partial charge in [0, 0.05) is 30.5 Å². The summed E-state index contributed by atoms with van der Waals surface area (Å²) in [7, 11) is 0. The number of carbonyl (C=O) groups excluding carboxylic acids is 1. The van der Waals surface area contributed by atoms with Crippen molar-refractivity contribution in [3.05, 3.63) is 59.6 Å². The van der Waals surface area contributed by atoms with Gasteiger partial charge in [0.2, 0.25) is 5.89 Å². The number of anilines is 1. The molecule has 188 valence electrons. The number of amides is 1. The molecule has 0 spiro atoms. The molecule has 5 rings (SSSR count). The lowest BCUT2D eigenvalue weighted by Crippen LogP contribution is -2.24. The van der Waals surface area contributed by atoms with Crippen molar-refractivity contribution in [1.29, 1.82) is 0 Å². The number of nitrogens with one attached hydrogen (secondary N) is 1. The van der Waals surface area contributed by atoms with Crippen molar-refractivity contribution in [3.8, 4) is 11.3 Å². The number of carbonyl (C=O) groups is 1. The van der Waals surface area contributed by atoms with Crippen LogP contribution in [0.4, 0.5) is 14.5 Å². The quantitative estimate of drug-likeness (QED) is 0.444. The molecule has 1 aliphatic heterocycles. The zero-order valence-corrected chi connectivity index (χ0v) is 20.5. The van der Waals surface area contributed by atoms with Crippen molar-refractivity contribution in [1.82, 2.24) is 30.1 Å². The zero-order chi connectivity index (χ0) is 25.7. The Morgan fingerprint density at radius 2 is 2.06 bits per heavy atom. The van der Waals surface area contributed by atoms with E-state index in [-0.39, 0.29) is 24.2 Å². The molecular formula is C25H27F2N7O2. The number of aryl methyl sites for hydroxylation is 1. The van der Waals surface area contributed by atoms with Gasteiger partial charge in [-0.15, -0.1) is 0 Å². The lowest BCUT2D eigenvalue weighted by atomic mass is 9.97. The van der Waals surface area contributed by atoms with Gasteiger partial charge in [0.15, 0.2) is 0 Å². The molecule has 0 unspecified atom stereocenters. The van der Waals surface area contributed by atoms with E-state index in [4.69, 9.17) is 4.52 Å². The summed E-state index contributed by atoms with van der Waals surface area (Å²) in [5.41, 5.74) is 4.52. The lowest BCUT2D eigenvalue weighted by molar-refractivity contribution is 0.0257. The second kappa shape index (κ2) is 8.65. The third-order valence-corrected chi connectivity index (χ3v) is 6.25. The van der Waals surface area contributed by atoms with Gasteiger partial charge >= 0.3 is 0 Å². The van der Waals surface area contributed by atoms with Crippen LogP contribution in [0.15, 0.2) is 41.3 Å². The van der Waals surface area contributed by atoms with E-state index < -0.39 is 11.8 Å². The Balaban J connectivity index is 1.33. The molecule has 1 fully saturated rings. The highest BCUT2D eigenvalue weighted by Gasteiger charge is 2.38.